The highest BCUT2D eigenvalue weighted by atomic mass is 19.4. The summed E-state index contributed by atoms with van der Waals surface area (Å²) in [4.78, 5) is 24.5. The number of nitrogens with one attached hydrogen (secondary N) is 1. The first-order valence-electron chi connectivity index (χ1n) is 7.20. The summed E-state index contributed by atoms with van der Waals surface area (Å²) in [6, 6.07) is -1.64. The number of likely N-dealkylation sites (tertiary alicyclic amines) is 1. The molecule has 1 heterocycles. The highest BCUT2D eigenvalue weighted by Crippen LogP contribution is 2.35. The Balaban J connectivity index is 2.24. The largest absolute Gasteiger partial charge is 0.413 e. The van der Waals surface area contributed by atoms with E-state index < -0.39 is 41.4 Å². The fourth-order valence-corrected chi connectivity index (χ4v) is 2.52. The first-order chi connectivity index (χ1) is 11.1. The Morgan fingerprint density at radius 1 is 1.29 bits per heavy atom. The predicted octanol–water partition coefficient (Wildman–Crippen LogP) is 3.19. The van der Waals surface area contributed by atoms with Gasteiger partial charge < -0.3 is 10.2 Å². The van der Waals surface area contributed by atoms with Crippen LogP contribution in [0, 0.1) is 17.6 Å². The molecule has 0 bridgehead atoms. The van der Waals surface area contributed by atoms with Crippen LogP contribution < -0.4 is 5.32 Å². The fraction of sp³-hybridized carbons (Fsp3) is 0.467. The Morgan fingerprint density at radius 3 is 2.38 bits per heavy atom. The van der Waals surface area contributed by atoms with E-state index in [2.05, 4.69) is 0 Å². The molecule has 1 aliphatic rings. The van der Waals surface area contributed by atoms with E-state index in [1.807, 2.05) is 0 Å². The average Bonchev–Trinajstić information content (AvgIpc) is 2.47. The van der Waals surface area contributed by atoms with E-state index >= 15 is 0 Å². The molecular formula is C15H15F5N2O2. The lowest BCUT2D eigenvalue weighted by Gasteiger charge is -2.32. The summed E-state index contributed by atoms with van der Waals surface area (Å²) < 4.78 is 67.0. The van der Waals surface area contributed by atoms with Crippen LogP contribution in [0.1, 0.15) is 24.9 Å². The van der Waals surface area contributed by atoms with Crippen LogP contribution in [0.4, 0.5) is 26.7 Å². The van der Waals surface area contributed by atoms with Crippen molar-refractivity contribution in [1.29, 1.82) is 0 Å². The summed E-state index contributed by atoms with van der Waals surface area (Å²) >= 11 is 0. The number of carbonyl (C=O) groups excluding carboxylic acids is 2. The summed E-state index contributed by atoms with van der Waals surface area (Å²) in [5.41, 5.74) is -1.26. The van der Waals surface area contributed by atoms with Crippen LogP contribution in [0.15, 0.2) is 18.2 Å². The summed E-state index contributed by atoms with van der Waals surface area (Å²) in [5.74, 6) is -3.40. The lowest BCUT2D eigenvalue weighted by Crippen LogP contribution is -2.50. The number of alkyl halides is 3. The van der Waals surface area contributed by atoms with Gasteiger partial charge >= 0.3 is 12.2 Å². The normalized spacial score (nSPS) is 20.0. The molecule has 1 saturated heterocycles. The number of rotatable bonds is 2. The van der Waals surface area contributed by atoms with Gasteiger partial charge in [0.1, 0.15) is 17.4 Å². The fourth-order valence-electron chi connectivity index (χ4n) is 2.52. The molecule has 1 aromatic carbocycles. The van der Waals surface area contributed by atoms with Gasteiger partial charge in [-0.15, -0.1) is 0 Å². The zero-order chi connectivity index (χ0) is 18.1. The molecule has 0 saturated carbocycles. The second-order valence-electron chi connectivity index (χ2n) is 5.62. The van der Waals surface area contributed by atoms with Crippen molar-refractivity contribution < 1.29 is 31.5 Å². The minimum Gasteiger partial charge on any atom is -0.324 e. The molecule has 0 unspecified atom stereocenters. The van der Waals surface area contributed by atoms with Crippen molar-refractivity contribution in [2.45, 2.75) is 25.6 Å². The van der Waals surface area contributed by atoms with Gasteiger partial charge in [-0.2, -0.15) is 13.2 Å². The molecule has 0 spiro atoms. The van der Waals surface area contributed by atoms with Gasteiger partial charge in [0.15, 0.2) is 6.04 Å². The Kier molecular flexibility index (Phi) is 5.10. The van der Waals surface area contributed by atoms with E-state index in [1.54, 1.807) is 12.2 Å². The highest BCUT2D eigenvalue weighted by molar-refractivity contribution is 5.84. The summed E-state index contributed by atoms with van der Waals surface area (Å²) in [6.45, 7) is 1.47. The molecule has 2 atom stereocenters. The van der Waals surface area contributed by atoms with Crippen LogP contribution in [0.5, 0.6) is 0 Å². The van der Waals surface area contributed by atoms with E-state index in [1.165, 1.54) is 0 Å². The monoisotopic (exact) mass is 350 g/mol. The summed E-state index contributed by atoms with van der Waals surface area (Å²) in [7, 11) is 0. The Labute approximate surface area is 134 Å². The molecule has 2 rings (SSSR count). The predicted molar refractivity (Wildman–Crippen MR) is 74.0 cm³/mol. The standard InChI is InChI=1S/C15H15F5N2O2/c1-8-7-22(6-5-11(8)23)14(24)21-13(15(18,19)20)12-9(16)3-2-4-10(12)17/h2-4,8,13H,5-7H2,1H3,(H,21,24)/t8-,13-/m0/s1. The highest BCUT2D eigenvalue weighted by Gasteiger charge is 2.45. The van der Waals surface area contributed by atoms with Gasteiger partial charge in [0, 0.05) is 25.4 Å². The molecule has 0 radical (unpaired) electrons. The minimum atomic E-state index is -5.09. The molecule has 0 aliphatic carbocycles. The number of nitrogens with zero attached hydrogens (tertiary/aromatic N) is 1. The number of ketones is 1. The first kappa shape index (κ1) is 18.2. The number of carbonyl (C=O) groups is 2. The van der Waals surface area contributed by atoms with Gasteiger partial charge in [-0.25, -0.2) is 13.6 Å². The van der Waals surface area contributed by atoms with Crippen molar-refractivity contribution in [3.05, 3.63) is 35.4 Å². The van der Waals surface area contributed by atoms with Crippen LogP contribution in [-0.4, -0.2) is 36.0 Å². The average molecular weight is 350 g/mol. The van der Waals surface area contributed by atoms with Gasteiger partial charge in [0.2, 0.25) is 0 Å². The lowest BCUT2D eigenvalue weighted by molar-refractivity contribution is -0.156. The van der Waals surface area contributed by atoms with Crippen LogP contribution in [0.25, 0.3) is 0 Å². The Morgan fingerprint density at radius 2 is 1.88 bits per heavy atom. The number of urea groups is 1. The van der Waals surface area contributed by atoms with Crippen LogP contribution >= 0.6 is 0 Å². The number of hydrogen-bond donors (Lipinski definition) is 1. The smallest absolute Gasteiger partial charge is 0.324 e. The van der Waals surface area contributed by atoms with Crippen molar-refractivity contribution in [1.82, 2.24) is 10.2 Å². The number of Topliss-reactive ketones (excluding diaryl/α,β-unsaturated/α-hetero) is 1. The molecule has 1 aromatic rings. The van der Waals surface area contributed by atoms with Crippen molar-refractivity contribution in [3.63, 3.8) is 0 Å². The van der Waals surface area contributed by atoms with E-state index in [0.29, 0.717) is 12.1 Å². The van der Waals surface area contributed by atoms with E-state index in [-0.39, 0.29) is 25.3 Å². The van der Waals surface area contributed by atoms with E-state index in [4.69, 9.17) is 0 Å². The maximum absolute atomic E-state index is 13.7. The number of halogens is 5. The molecule has 1 fully saturated rings. The van der Waals surface area contributed by atoms with Gasteiger partial charge in [0.05, 0.1) is 5.56 Å². The molecule has 4 nitrogen and oxygen atoms in total. The first-order valence-corrected chi connectivity index (χ1v) is 7.20. The maximum atomic E-state index is 13.7. The second-order valence-corrected chi connectivity index (χ2v) is 5.62. The van der Waals surface area contributed by atoms with E-state index in [9.17, 15) is 31.5 Å². The van der Waals surface area contributed by atoms with Gasteiger partial charge in [-0.1, -0.05) is 13.0 Å². The van der Waals surface area contributed by atoms with E-state index in [0.717, 1.165) is 11.0 Å². The molecule has 132 valence electrons. The molecule has 24 heavy (non-hydrogen) atoms. The van der Waals surface area contributed by atoms with Crippen LogP contribution in [0.3, 0.4) is 0 Å². The number of amides is 2. The topological polar surface area (TPSA) is 49.4 Å². The number of benzene rings is 1. The Bertz CT molecular complexity index is 627. The zero-order valence-corrected chi connectivity index (χ0v) is 12.7. The van der Waals surface area contributed by atoms with Gasteiger partial charge in [0.25, 0.3) is 0 Å². The summed E-state index contributed by atoms with van der Waals surface area (Å²) in [5, 5.41) is 1.63. The molecule has 1 N–H and O–H groups in total. The minimum absolute atomic E-state index is 0.0271. The number of hydrogen-bond acceptors (Lipinski definition) is 2. The molecule has 0 aromatic heterocycles. The van der Waals surface area contributed by atoms with Crippen molar-refractivity contribution in [2.24, 2.45) is 5.92 Å². The molecule has 9 heteroatoms. The summed E-state index contributed by atoms with van der Waals surface area (Å²) in [6.07, 6.45) is -5.06. The SMILES string of the molecule is C[C@H]1CN(C(=O)N[C@@H](c2c(F)cccc2F)C(F)(F)F)CCC1=O. The van der Waals surface area contributed by atoms with Gasteiger partial charge in [-0.05, 0) is 12.1 Å². The molecule has 2 amide bonds. The van der Waals surface area contributed by atoms with Crippen molar-refractivity contribution >= 4 is 11.8 Å². The quantitative estimate of drug-likeness (QED) is 0.833. The van der Waals surface area contributed by atoms with Crippen molar-refractivity contribution in [2.75, 3.05) is 13.1 Å². The third-order valence-corrected chi connectivity index (χ3v) is 3.84. The van der Waals surface area contributed by atoms with Crippen molar-refractivity contribution in [3.8, 4) is 0 Å². The third-order valence-electron chi connectivity index (χ3n) is 3.84. The lowest BCUT2D eigenvalue weighted by atomic mass is 9.99. The second kappa shape index (κ2) is 6.74. The van der Waals surface area contributed by atoms with Crippen LogP contribution in [-0.2, 0) is 4.79 Å². The maximum Gasteiger partial charge on any atom is 0.413 e. The van der Waals surface area contributed by atoms with Crippen LogP contribution in [0.2, 0.25) is 0 Å². The molecule has 1 aliphatic heterocycles. The molecular weight excluding hydrogens is 335 g/mol. The Hall–Kier alpha value is -2.19. The van der Waals surface area contributed by atoms with Gasteiger partial charge in [-0.3, -0.25) is 4.79 Å². The third kappa shape index (κ3) is 3.82. The number of piperidine rings is 1. The zero-order valence-electron chi connectivity index (χ0n) is 12.7.